The molecule has 1 aliphatic rings. The van der Waals surface area contributed by atoms with Crippen LogP contribution < -0.4 is 4.18 Å². The highest BCUT2D eigenvalue weighted by Crippen LogP contribution is 2.32. The Hall–Kier alpha value is -1.43. The Morgan fingerprint density at radius 3 is 2.83 bits per heavy atom. The molecule has 1 aromatic carbocycles. The van der Waals surface area contributed by atoms with Crippen molar-refractivity contribution < 1.29 is 12.6 Å². The quantitative estimate of drug-likeness (QED) is 0.612. The monoisotopic (exact) mass is 184 g/mol. The molecule has 0 amide bonds. The molecule has 12 heavy (non-hydrogen) atoms. The second kappa shape index (κ2) is 2.28. The van der Waals surface area contributed by atoms with Crippen LogP contribution in [0.4, 0.5) is 5.69 Å². The zero-order chi connectivity index (χ0) is 8.60. The Kier molecular flexibility index (Phi) is 1.37. The van der Waals surface area contributed by atoms with E-state index in [-0.39, 0.29) is 5.75 Å². The summed E-state index contributed by atoms with van der Waals surface area (Å²) in [5, 5.41) is 3.46. The number of benzene rings is 1. The minimum Gasteiger partial charge on any atom is -0.362 e. The SMILES string of the molecule is O=S1(=O)N=Nc2ccccc2O1. The van der Waals surface area contributed by atoms with Crippen molar-refractivity contribution in [1.82, 2.24) is 0 Å². The molecular formula is C6H4N2O3S. The Bertz CT molecular complexity index is 438. The van der Waals surface area contributed by atoms with Gasteiger partial charge in [0, 0.05) is 0 Å². The topological polar surface area (TPSA) is 68.1 Å². The third-order valence-corrected chi connectivity index (χ3v) is 1.98. The van der Waals surface area contributed by atoms with Crippen molar-refractivity contribution in [3.05, 3.63) is 24.3 Å². The number of nitrogens with zero attached hydrogens (tertiary/aromatic N) is 2. The van der Waals surface area contributed by atoms with E-state index >= 15 is 0 Å². The van der Waals surface area contributed by atoms with Gasteiger partial charge >= 0.3 is 10.3 Å². The molecule has 1 aliphatic heterocycles. The molecule has 5 nitrogen and oxygen atoms in total. The summed E-state index contributed by atoms with van der Waals surface area (Å²) in [6, 6.07) is 6.52. The summed E-state index contributed by atoms with van der Waals surface area (Å²) in [6.07, 6.45) is 0. The lowest BCUT2D eigenvalue weighted by atomic mass is 10.3. The van der Waals surface area contributed by atoms with Gasteiger partial charge in [0.05, 0.1) is 0 Å². The van der Waals surface area contributed by atoms with Crippen molar-refractivity contribution in [2.45, 2.75) is 0 Å². The van der Waals surface area contributed by atoms with Crippen molar-refractivity contribution in [2.24, 2.45) is 9.63 Å². The van der Waals surface area contributed by atoms with Gasteiger partial charge in [-0.25, -0.2) is 0 Å². The minimum absolute atomic E-state index is 0.215. The Morgan fingerprint density at radius 2 is 2.00 bits per heavy atom. The highest BCUT2D eigenvalue weighted by atomic mass is 32.2. The fourth-order valence-electron chi connectivity index (χ4n) is 0.834. The van der Waals surface area contributed by atoms with E-state index in [4.69, 9.17) is 0 Å². The molecule has 1 aromatic rings. The summed E-state index contributed by atoms with van der Waals surface area (Å²) in [7, 11) is -3.84. The number of para-hydroxylation sites is 1. The van der Waals surface area contributed by atoms with E-state index in [2.05, 4.69) is 13.8 Å². The first-order chi connectivity index (χ1) is 5.67. The lowest BCUT2D eigenvalue weighted by Crippen LogP contribution is -2.07. The molecule has 62 valence electrons. The van der Waals surface area contributed by atoms with Crippen molar-refractivity contribution in [2.75, 3.05) is 0 Å². The van der Waals surface area contributed by atoms with E-state index in [1.54, 1.807) is 18.2 Å². The third kappa shape index (κ3) is 1.16. The second-order valence-electron chi connectivity index (χ2n) is 2.16. The molecule has 0 N–H and O–H groups in total. The molecule has 1 heterocycles. The van der Waals surface area contributed by atoms with Crippen molar-refractivity contribution in [3.63, 3.8) is 0 Å². The molecule has 6 heteroatoms. The highest BCUT2D eigenvalue weighted by Gasteiger charge is 2.18. The lowest BCUT2D eigenvalue weighted by Gasteiger charge is -2.07. The van der Waals surface area contributed by atoms with Crippen LogP contribution in [0, 0.1) is 0 Å². The first kappa shape index (κ1) is 7.23. The number of rotatable bonds is 0. The summed E-state index contributed by atoms with van der Waals surface area (Å²) >= 11 is 0. The van der Waals surface area contributed by atoms with Crippen LogP contribution >= 0.6 is 0 Å². The largest absolute Gasteiger partial charge is 0.446 e. The molecule has 0 bridgehead atoms. The average Bonchev–Trinajstić information content (AvgIpc) is 2.02. The first-order valence-corrected chi connectivity index (χ1v) is 4.50. The van der Waals surface area contributed by atoms with E-state index < -0.39 is 10.3 Å². The summed E-state index contributed by atoms with van der Waals surface area (Å²) < 4.78 is 29.0. The normalized spacial score (nSPS) is 18.0. The molecule has 0 unspecified atom stereocenters. The van der Waals surface area contributed by atoms with Gasteiger partial charge in [-0.1, -0.05) is 12.1 Å². The van der Waals surface area contributed by atoms with Gasteiger partial charge in [-0.3, -0.25) is 0 Å². The summed E-state index contributed by atoms with van der Waals surface area (Å²) in [6.45, 7) is 0. The van der Waals surface area contributed by atoms with Gasteiger partial charge in [0.2, 0.25) is 0 Å². The van der Waals surface area contributed by atoms with Gasteiger partial charge in [-0.05, 0) is 16.7 Å². The van der Waals surface area contributed by atoms with E-state index in [0.717, 1.165) is 0 Å². The number of hydrogen-bond donors (Lipinski definition) is 0. The van der Waals surface area contributed by atoms with Crippen LogP contribution in [0.25, 0.3) is 0 Å². The maximum atomic E-state index is 10.7. The Balaban J connectivity index is 2.61. The maximum Gasteiger partial charge on any atom is 0.446 e. The Morgan fingerprint density at radius 1 is 1.25 bits per heavy atom. The zero-order valence-corrected chi connectivity index (χ0v) is 6.65. The predicted octanol–water partition coefficient (Wildman–Crippen LogP) is 1.41. The molecule has 0 spiro atoms. The van der Waals surface area contributed by atoms with Crippen LogP contribution in [0.15, 0.2) is 33.9 Å². The van der Waals surface area contributed by atoms with Crippen LogP contribution in [-0.4, -0.2) is 8.42 Å². The molecule has 0 saturated heterocycles. The summed E-state index contributed by atoms with van der Waals surface area (Å²) in [4.78, 5) is 0. The van der Waals surface area contributed by atoms with E-state index in [1.807, 2.05) is 0 Å². The van der Waals surface area contributed by atoms with Crippen LogP contribution in [0.2, 0.25) is 0 Å². The number of hydrogen-bond acceptors (Lipinski definition) is 4. The average molecular weight is 184 g/mol. The van der Waals surface area contributed by atoms with E-state index in [9.17, 15) is 8.42 Å². The lowest BCUT2D eigenvalue weighted by molar-refractivity contribution is 0.480. The Labute approximate surface area is 69.0 Å². The van der Waals surface area contributed by atoms with Crippen molar-refractivity contribution in [3.8, 4) is 5.75 Å². The van der Waals surface area contributed by atoms with Gasteiger partial charge in [0.1, 0.15) is 5.69 Å². The number of fused-ring (bicyclic) bond motifs is 1. The molecular weight excluding hydrogens is 180 g/mol. The summed E-state index contributed by atoms with van der Waals surface area (Å²) in [5.41, 5.74) is 0.423. The minimum atomic E-state index is -3.84. The van der Waals surface area contributed by atoms with Crippen molar-refractivity contribution >= 4 is 16.0 Å². The predicted molar refractivity (Wildman–Crippen MR) is 40.5 cm³/mol. The van der Waals surface area contributed by atoms with Crippen molar-refractivity contribution in [1.29, 1.82) is 0 Å². The highest BCUT2D eigenvalue weighted by molar-refractivity contribution is 7.85. The molecule has 0 fully saturated rings. The van der Waals surface area contributed by atoms with Gasteiger partial charge in [-0.15, -0.1) is 5.11 Å². The standard InChI is InChI=1S/C6H4N2O3S/c9-12(10)8-7-5-3-1-2-4-6(5)11-12/h1-4H. The van der Waals surface area contributed by atoms with E-state index in [0.29, 0.717) is 5.69 Å². The summed E-state index contributed by atoms with van der Waals surface area (Å²) in [5.74, 6) is 0.215. The maximum absolute atomic E-state index is 10.7. The van der Waals surface area contributed by atoms with Gasteiger partial charge in [0.25, 0.3) is 0 Å². The molecule has 0 aromatic heterocycles. The fourth-order valence-corrected chi connectivity index (χ4v) is 1.42. The molecule has 2 rings (SSSR count). The molecule has 0 aliphatic carbocycles. The first-order valence-electron chi connectivity index (χ1n) is 3.14. The second-order valence-corrected chi connectivity index (χ2v) is 3.35. The van der Waals surface area contributed by atoms with Crippen LogP contribution in [0.3, 0.4) is 0 Å². The van der Waals surface area contributed by atoms with Gasteiger partial charge in [0.15, 0.2) is 5.75 Å². The van der Waals surface area contributed by atoms with Gasteiger partial charge < -0.3 is 4.18 Å². The smallest absolute Gasteiger partial charge is 0.362 e. The van der Waals surface area contributed by atoms with Crippen LogP contribution in [-0.2, 0) is 10.3 Å². The fraction of sp³-hybridized carbons (Fsp3) is 0. The van der Waals surface area contributed by atoms with E-state index in [1.165, 1.54) is 6.07 Å². The van der Waals surface area contributed by atoms with Crippen LogP contribution in [0.1, 0.15) is 0 Å². The third-order valence-electron chi connectivity index (χ3n) is 1.31. The van der Waals surface area contributed by atoms with Crippen LogP contribution in [0.5, 0.6) is 5.75 Å². The molecule has 0 saturated carbocycles. The molecule has 0 atom stereocenters. The molecule has 0 radical (unpaired) electrons. The zero-order valence-electron chi connectivity index (χ0n) is 5.84. The van der Waals surface area contributed by atoms with Gasteiger partial charge in [-0.2, -0.15) is 8.42 Å².